The van der Waals surface area contributed by atoms with Crippen molar-refractivity contribution in [1.82, 2.24) is 19.5 Å². The number of hydrogen-bond acceptors (Lipinski definition) is 11. The van der Waals surface area contributed by atoms with Gasteiger partial charge in [0.25, 0.3) is 0 Å². The van der Waals surface area contributed by atoms with Gasteiger partial charge in [0.05, 0.1) is 0 Å². The number of aromatic nitrogens is 4. The Balaban J connectivity index is 1.56. The summed E-state index contributed by atoms with van der Waals surface area (Å²) < 4.78 is 27.7. The van der Waals surface area contributed by atoms with E-state index < -0.39 is 35.1 Å². The molecule has 14 heteroatoms. The highest BCUT2D eigenvalue weighted by Gasteiger charge is 2.45. The van der Waals surface area contributed by atoms with Crippen molar-refractivity contribution in [2.45, 2.75) is 130 Å². The summed E-state index contributed by atoms with van der Waals surface area (Å²) in [6.45, 7) is 29.2. The standard InChI is InChI=1S/C40H62N6O6Si2/c1-27(2)24-41-37-44-35-34(36(45-37)47-25-29-17-15-14-16-18-29)43-38(42-30-21-19-28(3)20-22-30)46(35)33-23-31(50-52-54(12,13)40(7,8)9)32(49-33)26-48-51-53(10,11)39(4,5)6/h14-22,27,31-33H,23-26H2,1-13H3,(H,42,43)(H,41,44,45)/t31-,32+,33+/m0/s1. The average Bonchev–Trinajstić information content (AvgIpc) is 3.66. The number of anilines is 3. The van der Waals surface area contributed by atoms with Crippen LogP contribution in [-0.2, 0) is 30.3 Å². The van der Waals surface area contributed by atoms with Crippen molar-refractivity contribution in [3.63, 3.8) is 0 Å². The molecule has 4 aromatic rings. The lowest BCUT2D eigenvalue weighted by Crippen LogP contribution is -2.44. The van der Waals surface area contributed by atoms with E-state index >= 15 is 0 Å². The lowest BCUT2D eigenvalue weighted by atomic mass is 10.2. The van der Waals surface area contributed by atoms with Crippen molar-refractivity contribution in [3.05, 3.63) is 65.7 Å². The SMILES string of the molecule is Cc1ccc(Nc2nc3c(OCc4ccccc4)nc(NCC(C)C)nc3n2[C@H]2C[C@H](OO[Si](C)(C)C(C)(C)C)[C@@H](COO[Si](C)(C)C(C)(C)C)O2)cc1. The van der Waals surface area contributed by atoms with Crippen LogP contribution >= 0.6 is 0 Å². The van der Waals surface area contributed by atoms with Crippen LogP contribution in [0.25, 0.3) is 11.2 Å². The molecule has 0 aliphatic carbocycles. The maximum atomic E-state index is 6.86. The van der Waals surface area contributed by atoms with Crippen molar-refractivity contribution in [1.29, 1.82) is 0 Å². The van der Waals surface area contributed by atoms with E-state index in [9.17, 15) is 0 Å². The van der Waals surface area contributed by atoms with E-state index in [4.69, 9.17) is 43.4 Å². The smallest absolute Gasteiger partial charge is 0.247 e. The Labute approximate surface area is 323 Å². The molecule has 296 valence electrons. The van der Waals surface area contributed by atoms with Crippen LogP contribution in [0.3, 0.4) is 0 Å². The van der Waals surface area contributed by atoms with E-state index in [1.165, 1.54) is 0 Å². The molecule has 2 aromatic heterocycles. The van der Waals surface area contributed by atoms with Crippen molar-refractivity contribution < 1.29 is 28.4 Å². The minimum atomic E-state index is -2.28. The predicted octanol–water partition coefficient (Wildman–Crippen LogP) is 10.1. The molecule has 0 saturated carbocycles. The van der Waals surface area contributed by atoms with Crippen LogP contribution in [-0.4, -0.2) is 61.5 Å². The largest absolute Gasteiger partial charge is 0.471 e. The molecule has 1 fully saturated rings. The van der Waals surface area contributed by atoms with E-state index in [1.54, 1.807) is 0 Å². The third-order valence-corrected chi connectivity index (χ3v) is 18.9. The van der Waals surface area contributed by atoms with Crippen molar-refractivity contribution in [3.8, 4) is 5.88 Å². The van der Waals surface area contributed by atoms with Crippen LogP contribution in [0.1, 0.15) is 79.2 Å². The predicted molar refractivity (Wildman–Crippen MR) is 220 cm³/mol. The molecule has 12 nitrogen and oxygen atoms in total. The maximum Gasteiger partial charge on any atom is 0.247 e. The number of rotatable bonds is 16. The molecule has 0 spiro atoms. The van der Waals surface area contributed by atoms with E-state index in [-0.39, 0.29) is 16.7 Å². The number of aryl methyl sites for hydroxylation is 1. The van der Waals surface area contributed by atoms with Gasteiger partial charge in [-0.15, -0.1) is 0 Å². The second kappa shape index (κ2) is 16.8. The van der Waals surface area contributed by atoms with Gasteiger partial charge >= 0.3 is 0 Å². The first kappa shape index (κ1) is 41.8. The molecule has 1 aliphatic heterocycles. The summed E-state index contributed by atoms with van der Waals surface area (Å²) in [6.07, 6.45) is -1.10. The number of imidazole rings is 1. The maximum absolute atomic E-state index is 6.86. The van der Waals surface area contributed by atoms with Crippen LogP contribution in [0.2, 0.25) is 36.3 Å². The van der Waals surface area contributed by atoms with E-state index in [2.05, 4.69) is 111 Å². The first-order valence-corrected chi connectivity index (χ1v) is 24.9. The molecule has 54 heavy (non-hydrogen) atoms. The second-order valence-corrected chi connectivity index (χ2v) is 27.2. The summed E-state index contributed by atoms with van der Waals surface area (Å²) in [4.78, 5) is 27.3. The fourth-order valence-corrected chi connectivity index (χ4v) is 6.29. The number of fused-ring (bicyclic) bond motifs is 1. The molecule has 5 rings (SSSR count). The van der Waals surface area contributed by atoms with Gasteiger partial charge in [-0.2, -0.15) is 9.97 Å². The van der Waals surface area contributed by atoms with Crippen molar-refractivity contribution >= 4 is 45.4 Å². The third kappa shape index (κ3) is 10.3. The summed E-state index contributed by atoms with van der Waals surface area (Å²) in [5.41, 5.74) is 4.10. The summed E-state index contributed by atoms with van der Waals surface area (Å²) >= 11 is 0. The van der Waals surface area contributed by atoms with Crippen molar-refractivity contribution in [2.24, 2.45) is 5.92 Å². The number of ether oxygens (including phenoxy) is 2. The average molecular weight is 779 g/mol. The number of benzene rings is 2. The van der Waals surface area contributed by atoms with Gasteiger partial charge in [-0.1, -0.05) is 103 Å². The lowest BCUT2D eigenvalue weighted by molar-refractivity contribution is -0.290. The van der Waals surface area contributed by atoms with E-state index in [0.717, 1.165) is 16.8 Å². The van der Waals surface area contributed by atoms with Gasteiger partial charge in [-0.3, -0.25) is 13.7 Å². The van der Waals surface area contributed by atoms with Crippen molar-refractivity contribution in [2.75, 3.05) is 23.8 Å². The van der Waals surface area contributed by atoms with Gasteiger partial charge in [0.1, 0.15) is 31.6 Å². The molecule has 0 bridgehead atoms. The van der Waals surface area contributed by atoms with Gasteiger partial charge in [0.15, 0.2) is 11.2 Å². The molecule has 2 aromatic carbocycles. The van der Waals surface area contributed by atoms with E-state index in [0.29, 0.717) is 54.4 Å². The van der Waals surface area contributed by atoms with Gasteiger partial charge in [0, 0.05) is 18.7 Å². The Kier molecular flexibility index (Phi) is 13.0. The molecule has 1 saturated heterocycles. The van der Waals surface area contributed by atoms with Gasteiger partial charge in [0.2, 0.25) is 34.4 Å². The zero-order valence-electron chi connectivity index (χ0n) is 34.6. The fourth-order valence-electron chi connectivity index (χ4n) is 5.07. The van der Waals surface area contributed by atoms with Crippen LogP contribution in [0.4, 0.5) is 17.6 Å². The normalized spacial score (nSPS) is 18.4. The molecule has 2 N–H and O–H groups in total. The number of nitrogens with one attached hydrogen (secondary N) is 2. The first-order chi connectivity index (χ1) is 25.2. The summed E-state index contributed by atoms with van der Waals surface area (Å²) in [5, 5.41) is 6.86. The fraction of sp³-hybridized carbons (Fsp3) is 0.575. The zero-order chi connectivity index (χ0) is 39.5. The molecule has 0 amide bonds. The molecule has 3 heterocycles. The molecule has 1 aliphatic rings. The number of hydrogen-bond donors (Lipinski definition) is 2. The summed E-state index contributed by atoms with van der Waals surface area (Å²) in [6, 6.07) is 18.2. The van der Waals surface area contributed by atoms with E-state index in [1.807, 2.05) is 47.0 Å². The highest BCUT2D eigenvalue weighted by atomic mass is 28.4. The minimum absolute atomic E-state index is 0.0268. The quantitative estimate of drug-likeness (QED) is 0.0642. The van der Waals surface area contributed by atoms with Crippen LogP contribution in [0.5, 0.6) is 5.88 Å². The molecule has 0 unspecified atom stereocenters. The second-order valence-electron chi connectivity index (χ2n) is 17.8. The highest BCUT2D eigenvalue weighted by Crippen LogP contribution is 2.42. The Morgan fingerprint density at radius 2 is 1.52 bits per heavy atom. The lowest BCUT2D eigenvalue weighted by Gasteiger charge is -2.36. The topological polar surface area (TPSA) is 123 Å². The Morgan fingerprint density at radius 3 is 2.15 bits per heavy atom. The Bertz CT molecular complexity index is 1820. The minimum Gasteiger partial charge on any atom is -0.471 e. The van der Waals surface area contributed by atoms with Crippen LogP contribution in [0.15, 0.2) is 54.6 Å². The third-order valence-electron chi connectivity index (χ3n) is 10.7. The molecule has 0 radical (unpaired) electrons. The monoisotopic (exact) mass is 778 g/mol. The summed E-state index contributed by atoms with van der Waals surface area (Å²) in [7, 11) is -4.48. The molecular formula is C40H62N6O6Si2. The Morgan fingerprint density at radius 1 is 0.870 bits per heavy atom. The van der Waals surface area contributed by atoms with Gasteiger partial charge in [-0.05, 0) is 66.8 Å². The molecule has 3 atom stereocenters. The Hall–Kier alpha value is -3.38. The van der Waals surface area contributed by atoms with Crippen LogP contribution in [0, 0.1) is 12.8 Å². The highest BCUT2D eigenvalue weighted by molar-refractivity contribution is 6.74. The number of nitrogens with zero attached hydrogens (tertiary/aromatic N) is 4. The first-order valence-electron chi connectivity index (χ1n) is 19.1. The van der Waals surface area contributed by atoms with Crippen LogP contribution < -0.4 is 15.4 Å². The summed E-state index contributed by atoms with van der Waals surface area (Å²) in [5.74, 6) is 1.71. The molecular weight excluding hydrogens is 717 g/mol. The van der Waals surface area contributed by atoms with Gasteiger partial charge in [-0.25, -0.2) is 14.8 Å². The zero-order valence-corrected chi connectivity index (χ0v) is 36.6. The van der Waals surface area contributed by atoms with Gasteiger partial charge < -0.3 is 20.1 Å².